The first-order valence-corrected chi connectivity index (χ1v) is 11.0. The highest BCUT2D eigenvalue weighted by Crippen LogP contribution is 2.32. The van der Waals surface area contributed by atoms with Crippen LogP contribution in [0.1, 0.15) is 49.4 Å². The van der Waals surface area contributed by atoms with Crippen LogP contribution in [0.2, 0.25) is 0 Å². The lowest BCUT2D eigenvalue weighted by molar-refractivity contribution is -0.385. The molecule has 0 spiro atoms. The summed E-state index contributed by atoms with van der Waals surface area (Å²) in [5.41, 5.74) is 0.207. The zero-order valence-electron chi connectivity index (χ0n) is 18.7. The lowest BCUT2D eigenvalue weighted by atomic mass is 9.88. The van der Waals surface area contributed by atoms with E-state index < -0.39 is 17.5 Å². The molecule has 0 aliphatic heterocycles. The fraction of sp³-hybridized carbons (Fsp3) is 0.333. The number of carbonyl (C=O) groups excluding carboxylic acids is 1. The Balaban J connectivity index is 1.81. The molecule has 0 bridgehead atoms. The summed E-state index contributed by atoms with van der Waals surface area (Å²) in [6.45, 7) is -0.507. The van der Waals surface area contributed by atoms with E-state index in [0.29, 0.717) is 16.7 Å². The predicted octanol–water partition coefficient (Wildman–Crippen LogP) is 3.79. The number of fused-ring (bicyclic) bond motifs is 1. The van der Waals surface area contributed by atoms with Crippen LogP contribution >= 0.6 is 0 Å². The molecule has 3 aromatic rings. The second kappa shape index (κ2) is 10.2. The van der Waals surface area contributed by atoms with Crippen LogP contribution in [0.15, 0.2) is 52.4 Å². The molecular formula is C24H24N4O6. The Hall–Kier alpha value is -4.08. The van der Waals surface area contributed by atoms with Crippen LogP contribution in [0, 0.1) is 10.1 Å². The fourth-order valence-electron chi connectivity index (χ4n) is 4.13. The predicted molar refractivity (Wildman–Crippen MR) is 125 cm³/mol. The number of nitrogens with zero attached hydrogens (tertiary/aromatic N) is 4. The van der Waals surface area contributed by atoms with Crippen molar-refractivity contribution in [3.8, 4) is 5.75 Å². The van der Waals surface area contributed by atoms with Crippen molar-refractivity contribution in [2.45, 2.75) is 38.0 Å². The molecular weight excluding hydrogens is 440 g/mol. The van der Waals surface area contributed by atoms with Gasteiger partial charge in [-0.15, -0.1) is 0 Å². The molecule has 176 valence electrons. The van der Waals surface area contributed by atoms with E-state index >= 15 is 0 Å². The van der Waals surface area contributed by atoms with Gasteiger partial charge < -0.3 is 9.47 Å². The molecule has 10 heteroatoms. The van der Waals surface area contributed by atoms with E-state index in [2.05, 4.69) is 9.84 Å². The van der Waals surface area contributed by atoms with Crippen LogP contribution in [0.3, 0.4) is 0 Å². The number of para-hydroxylation sites is 2. The highest BCUT2D eigenvalue weighted by Gasteiger charge is 2.23. The highest BCUT2D eigenvalue weighted by atomic mass is 16.6. The number of nitro groups is 1. The molecule has 1 aliphatic rings. The maximum absolute atomic E-state index is 13.3. The average Bonchev–Trinajstić information content (AvgIpc) is 2.87. The summed E-state index contributed by atoms with van der Waals surface area (Å²) in [7, 11) is 1.19. The van der Waals surface area contributed by atoms with Gasteiger partial charge in [-0.25, -0.2) is 9.78 Å². The quantitative estimate of drug-likeness (QED) is 0.225. The highest BCUT2D eigenvalue weighted by molar-refractivity contribution is 5.86. The van der Waals surface area contributed by atoms with Gasteiger partial charge in [0.15, 0.2) is 6.61 Å². The summed E-state index contributed by atoms with van der Waals surface area (Å²) in [5, 5.41) is 16.4. The number of hydrogen-bond acceptors (Lipinski definition) is 8. The van der Waals surface area contributed by atoms with Crippen molar-refractivity contribution in [1.82, 2.24) is 9.66 Å². The number of nitro benzene ring substituents is 1. The summed E-state index contributed by atoms with van der Waals surface area (Å²) < 4.78 is 11.2. The molecule has 0 N–H and O–H groups in total. The maximum atomic E-state index is 13.3. The van der Waals surface area contributed by atoms with E-state index in [1.54, 1.807) is 24.3 Å². The van der Waals surface area contributed by atoms with Gasteiger partial charge in [0, 0.05) is 17.5 Å². The molecule has 4 rings (SSSR count). The summed E-state index contributed by atoms with van der Waals surface area (Å²) in [4.78, 5) is 40.5. The lowest BCUT2D eigenvalue weighted by Crippen LogP contribution is -2.25. The van der Waals surface area contributed by atoms with Gasteiger partial charge in [-0.1, -0.05) is 37.5 Å². The Morgan fingerprint density at radius 2 is 1.97 bits per heavy atom. The van der Waals surface area contributed by atoms with Gasteiger partial charge in [0.25, 0.3) is 5.56 Å². The molecule has 0 saturated heterocycles. The molecule has 1 heterocycles. The second-order valence-corrected chi connectivity index (χ2v) is 8.00. The van der Waals surface area contributed by atoms with E-state index in [4.69, 9.17) is 9.72 Å². The van der Waals surface area contributed by atoms with Crippen LogP contribution in [-0.2, 0) is 9.53 Å². The molecule has 2 aromatic carbocycles. The number of hydrogen-bond donors (Lipinski definition) is 0. The largest absolute Gasteiger partial charge is 0.474 e. The molecule has 0 amide bonds. The summed E-state index contributed by atoms with van der Waals surface area (Å²) >= 11 is 0. The molecule has 0 radical (unpaired) electrons. The second-order valence-electron chi connectivity index (χ2n) is 8.00. The van der Waals surface area contributed by atoms with Crippen LogP contribution in [0.25, 0.3) is 10.9 Å². The summed E-state index contributed by atoms with van der Waals surface area (Å²) in [5.74, 6) is -0.163. The Morgan fingerprint density at radius 1 is 1.21 bits per heavy atom. The van der Waals surface area contributed by atoms with E-state index in [9.17, 15) is 19.7 Å². The van der Waals surface area contributed by atoms with E-state index in [1.165, 1.54) is 30.1 Å². The molecule has 0 atom stereocenters. The Labute approximate surface area is 195 Å². The number of aromatic nitrogens is 2. The van der Waals surface area contributed by atoms with E-state index in [0.717, 1.165) is 32.1 Å². The van der Waals surface area contributed by atoms with Gasteiger partial charge >= 0.3 is 11.7 Å². The van der Waals surface area contributed by atoms with Crippen molar-refractivity contribution in [3.63, 3.8) is 0 Å². The van der Waals surface area contributed by atoms with Crippen molar-refractivity contribution < 1.29 is 19.2 Å². The lowest BCUT2D eigenvalue weighted by Gasteiger charge is -2.22. The van der Waals surface area contributed by atoms with Crippen LogP contribution in [0.4, 0.5) is 5.69 Å². The minimum Gasteiger partial charge on any atom is -0.474 e. The molecule has 1 aromatic heterocycles. The fourth-order valence-corrected chi connectivity index (χ4v) is 4.13. The number of rotatable bonds is 7. The zero-order valence-corrected chi connectivity index (χ0v) is 18.7. The third-order valence-electron chi connectivity index (χ3n) is 5.84. The monoisotopic (exact) mass is 464 g/mol. The Bertz CT molecular complexity index is 1310. The third-order valence-corrected chi connectivity index (χ3v) is 5.84. The molecule has 34 heavy (non-hydrogen) atoms. The molecule has 0 unspecified atom stereocenters. The van der Waals surface area contributed by atoms with Crippen LogP contribution < -0.4 is 10.3 Å². The minimum atomic E-state index is -0.685. The van der Waals surface area contributed by atoms with Crippen molar-refractivity contribution in [3.05, 3.63) is 74.3 Å². The first-order chi connectivity index (χ1) is 16.5. The Kier molecular flexibility index (Phi) is 6.95. The van der Waals surface area contributed by atoms with E-state index in [1.807, 2.05) is 6.07 Å². The van der Waals surface area contributed by atoms with Gasteiger partial charge in [0.1, 0.15) is 5.82 Å². The summed E-state index contributed by atoms with van der Waals surface area (Å²) in [6.07, 6.45) is 6.38. The van der Waals surface area contributed by atoms with Gasteiger partial charge in [0.2, 0.25) is 5.75 Å². The van der Waals surface area contributed by atoms with Gasteiger partial charge in [-0.2, -0.15) is 9.78 Å². The average molecular weight is 464 g/mol. The van der Waals surface area contributed by atoms with Crippen molar-refractivity contribution in [1.29, 1.82) is 0 Å². The summed E-state index contributed by atoms with van der Waals surface area (Å²) in [6, 6.07) is 11.4. The molecule has 1 aliphatic carbocycles. The molecule has 1 saturated carbocycles. The minimum absolute atomic E-state index is 0.0864. The maximum Gasteiger partial charge on any atom is 0.343 e. The van der Waals surface area contributed by atoms with Crippen molar-refractivity contribution >= 4 is 28.8 Å². The standard InChI is InChI=1S/C24H24N4O6/c1-33-21(29)15-34-22-17(10-7-13-20(22)28(31)32)14-25-27-23(16-8-3-2-4-9-16)26-19-12-6-5-11-18(19)24(27)30/h5-7,10-14,16H,2-4,8-9,15H2,1H3. The van der Waals surface area contributed by atoms with Crippen LogP contribution in [0.5, 0.6) is 5.75 Å². The molecule has 1 fully saturated rings. The van der Waals surface area contributed by atoms with Crippen molar-refractivity contribution in [2.75, 3.05) is 13.7 Å². The topological polar surface area (TPSA) is 126 Å². The Morgan fingerprint density at radius 3 is 2.71 bits per heavy atom. The normalized spacial score (nSPS) is 14.4. The van der Waals surface area contributed by atoms with Gasteiger partial charge in [-0.3, -0.25) is 14.9 Å². The number of ether oxygens (including phenoxy) is 2. The van der Waals surface area contributed by atoms with Gasteiger partial charge in [0.05, 0.1) is 29.2 Å². The van der Waals surface area contributed by atoms with Crippen molar-refractivity contribution in [2.24, 2.45) is 5.10 Å². The number of carbonyl (C=O) groups is 1. The van der Waals surface area contributed by atoms with Gasteiger partial charge in [-0.05, 0) is 31.0 Å². The number of benzene rings is 2. The third kappa shape index (κ3) is 4.80. The zero-order chi connectivity index (χ0) is 24.1. The molecule has 10 nitrogen and oxygen atoms in total. The number of esters is 1. The smallest absolute Gasteiger partial charge is 0.343 e. The first-order valence-electron chi connectivity index (χ1n) is 11.0. The van der Waals surface area contributed by atoms with Crippen LogP contribution in [-0.4, -0.2) is 40.5 Å². The number of methoxy groups -OCH3 is 1. The first kappa shape index (κ1) is 23.1. The van der Waals surface area contributed by atoms with E-state index in [-0.39, 0.29) is 28.5 Å². The SMILES string of the molecule is COC(=O)COc1c(C=Nn2c(C3CCCCC3)nc3ccccc3c2=O)cccc1[N+](=O)[O-].